The van der Waals surface area contributed by atoms with Crippen molar-refractivity contribution >= 4 is 17.3 Å². The Balaban J connectivity index is 1.39. The number of carbonyl (C=O) groups excluding carboxylic acids is 1. The smallest absolute Gasteiger partial charge is 0.292 e. The fourth-order valence-electron chi connectivity index (χ4n) is 3.53. The molecule has 8 nitrogen and oxygen atoms in total. The maximum Gasteiger partial charge on any atom is 0.292 e. The molecule has 0 unspecified atom stereocenters. The van der Waals surface area contributed by atoms with E-state index in [0.29, 0.717) is 45.0 Å². The molecule has 1 aliphatic heterocycles. The summed E-state index contributed by atoms with van der Waals surface area (Å²) in [6.07, 6.45) is 0.837. The van der Waals surface area contributed by atoms with Crippen molar-refractivity contribution in [2.75, 3.05) is 57.8 Å². The van der Waals surface area contributed by atoms with Gasteiger partial charge in [0.15, 0.2) is 0 Å². The van der Waals surface area contributed by atoms with E-state index >= 15 is 0 Å². The molecule has 1 aliphatic rings. The van der Waals surface area contributed by atoms with Gasteiger partial charge in [-0.2, -0.15) is 0 Å². The molecule has 2 aromatic carbocycles. The minimum Gasteiger partial charge on any atom is -0.494 e. The molecule has 1 heterocycles. The van der Waals surface area contributed by atoms with Gasteiger partial charge >= 0.3 is 0 Å². The van der Waals surface area contributed by atoms with Crippen LogP contribution in [-0.2, 0) is 4.79 Å². The SMILES string of the molecule is CN(CCCOc1ccccc1)CC(=O)N1CCN(c2ccccc2[N+](=O)[O-])CC1. The van der Waals surface area contributed by atoms with Crippen molar-refractivity contribution in [3.8, 4) is 5.75 Å². The van der Waals surface area contributed by atoms with Gasteiger partial charge in [-0.05, 0) is 31.7 Å². The van der Waals surface area contributed by atoms with Gasteiger partial charge in [0, 0.05) is 38.8 Å². The van der Waals surface area contributed by atoms with Gasteiger partial charge in [-0.25, -0.2) is 0 Å². The third kappa shape index (κ3) is 5.93. The summed E-state index contributed by atoms with van der Waals surface area (Å²) in [5, 5.41) is 11.2. The molecular formula is C22H28N4O4. The summed E-state index contributed by atoms with van der Waals surface area (Å²) in [6.45, 7) is 4.05. The predicted molar refractivity (Wildman–Crippen MR) is 116 cm³/mol. The van der Waals surface area contributed by atoms with Gasteiger partial charge in [0.05, 0.1) is 18.1 Å². The highest BCUT2D eigenvalue weighted by molar-refractivity contribution is 5.78. The summed E-state index contributed by atoms with van der Waals surface area (Å²) in [6, 6.07) is 16.4. The average Bonchev–Trinajstić information content (AvgIpc) is 2.77. The van der Waals surface area contributed by atoms with Gasteiger partial charge in [-0.15, -0.1) is 0 Å². The number of hydrogen-bond donors (Lipinski definition) is 0. The number of nitro groups is 1. The Bertz CT molecular complexity index is 838. The minimum atomic E-state index is -0.358. The summed E-state index contributed by atoms with van der Waals surface area (Å²) in [4.78, 5) is 29.3. The number of anilines is 1. The molecule has 8 heteroatoms. The number of benzene rings is 2. The molecule has 0 saturated carbocycles. The Morgan fingerprint density at radius 1 is 1.07 bits per heavy atom. The summed E-state index contributed by atoms with van der Waals surface area (Å²) in [5.74, 6) is 0.941. The molecule has 0 bridgehead atoms. The number of amides is 1. The lowest BCUT2D eigenvalue weighted by Crippen LogP contribution is -2.51. The monoisotopic (exact) mass is 412 g/mol. The Hall–Kier alpha value is -3.13. The Morgan fingerprint density at radius 2 is 1.73 bits per heavy atom. The van der Waals surface area contributed by atoms with Crippen molar-refractivity contribution in [3.05, 3.63) is 64.7 Å². The zero-order chi connectivity index (χ0) is 21.3. The molecule has 1 amide bonds. The number of ether oxygens (including phenoxy) is 1. The molecule has 3 rings (SSSR count). The number of carbonyl (C=O) groups is 1. The van der Waals surface area contributed by atoms with E-state index in [1.165, 1.54) is 6.07 Å². The summed E-state index contributed by atoms with van der Waals surface area (Å²) >= 11 is 0. The fourth-order valence-corrected chi connectivity index (χ4v) is 3.53. The summed E-state index contributed by atoms with van der Waals surface area (Å²) in [7, 11) is 1.93. The van der Waals surface area contributed by atoms with Gasteiger partial charge in [0.2, 0.25) is 5.91 Å². The molecule has 0 radical (unpaired) electrons. The van der Waals surface area contributed by atoms with Gasteiger partial charge in [-0.3, -0.25) is 19.8 Å². The van der Waals surface area contributed by atoms with E-state index in [9.17, 15) is 14.9 Å². The highest BCUT2D eigenvalue weighted by atomic mass is 16.6. The zero-order valence-corrected chi connectivity index (χ0v) is 17.3. The molecule has 1 saturated heterocycles. The number of piperazine rings is 1. The van der Waals surface area contributed by atoms with E-state index in [2.05, 4.69) is 0 Å². The van der Waals surface area contributed by atoms with Crippen LogP contribution < -0.4 is 9.64 Å². The number of nitrogens with zero attached hydrogens (tertiary/aromatic N) is 4. The number of rotatable bonds is 9. The second kappa shape index (κ2) is 10.6. The second-order valence-electron chi connectivity index (χ2n) is 7.37. The number of likely N-dealkylation sites (N-methyl/N-ethyl adjacent to an activating group) is 1. The topological polar surface area (TPSA) is 79.2 Å². The van der Waals surface area contributed by atoms with E-state index < -0.39 is 0 Å². The standard InChI is InChI=1S/C22H28N4O4/c1-23(12-7-17-30-19-8-3-2-4-9-19)18-22(27)25-15-13-24(14-16-25)20-10-5-6-11-21(20)26(28)29/h2-6,8-11H,7,12-18H2,1H3. The van der Waals surface area contributed by atoms with Gasteiger partial charge in [-0.1, -0.05) is 30.3 Å². The van der Waals surface area contributed by atoms with Crippen molar-refractivity contribution in [3.63, 3.8) is 0 Å². The van der Waals surface area contributed by atoms with Crippen LogP contribution in [0.4, 0.5) is 11.4 Å². The van der Waals surface area contributed by atoms with Crippen molar-refractivity contribution in [1.29, 1.82) is 0 Å². The van der Waals surface area contributed by atoms with Gasteiger partial charge in [0.25, 0.3) is 5.69 Å². The van der Waals surface area contributed by atoms with E-state index in [-0.39, 0.29) is 16.5 Å². The Kier molecular flexibility index (Phi) is 7.62. The quantitative estimate of drug-likeness (QED) is 0.358. The molecule has 0 aliphatic carbocycles. The fraction of sp³-hybridized carbons (Fsp3) is 0.409. The van der Waals surface area contributed by atoms with Crippen molar-refractivity contribution in [1.82, 2.24) is 9.80 Å². The van der Waals surface area contributed by atoms with E-state index in [0.717, 1.165) is 18.7 Å². The zero-order valence-electron chi connectivity index (χ0n) is 17.3. The molecule has 1 fully saturated rings. The first-order chi connectivity index (χ1) is 14.5. The molecule has 0 spiro atoms. The van der Waals surface area contributed by atoms with Crippen LogP contribution in [0.25, 0.3) is 0 Å². The van der Waals surface area contributed by atoms with Crippen LogP contribution in [0.1, 0.15) is 6.42 Å². The Labute approximate surface area is 176 Å². The third-order valence-electron chi connectivity index (χ3n) is 5.15. The van der Waals surface area contributed by atoms with Gasteiger partial charge < -0.3 is 14.5 Å². The maximum absolute atomic E-state index is 12.6. The lowest BCUT2D eigenvalue weighted by molar-refractivity contribution is -0.384. The number of para-hydroxylation sites is 3. The largest absolute Gasteiger partial charge is 0.494 e. The number of nitro benzene ring substituents is 1. The van der Waals surface area contributed by atoms with E-state index in [1.807, 2.05) is 52.1 Å². The van der Waals surface area contributed by atoms with Gasteiger partial charge in [0.1, 0.15) is 11.4 Å². The van der Waals surface area contributed by atoms with Crippen LogP contribution >= 0.6 is 0 Å². The molecule has 30 heavy (non-hydrogen) atoms. The van der Waals surface area contributed by atoms with Crippen LogP contribution in [0.15, 0.2) is 54.6 Å². The summed E-state index contributed by atoms with van der Waals surface area (Å²) in [5.41, 5.74) is 0.722. The molecule has 2 aromatic rings. The lowest BCUT2D eigenvalue weighted by atomic mass is 10.2. The van der Waals surface area contributed by atoms with Crippen LogP contribution in [0.5, 0.6) is 5.75 Å². The van der Waals surface area contributed by atoms with E-state index in [1.54, 1.807) is 18.2 Å². The van der Waals surface area contributed by atoms with E-state index in [4.69, 9.17) is 4.74 Å². The highest BCUT2D eigenvalue weighted by Crippen LogP contribution is 2.28. The maximum atomic E-state index is 12.6. The first-order valence-corrected chi connectivity index (χ1v) is 10.2. The van der Waals surface area contributed by atoms with Crippen molar-refractivity contribution in [2.45, 2.75) is 6.42 Å². The minimum absolute atomic E-state index is 0.0867. The van der Waals surface area contributed by atoms with Crippen molar-refractivity contribution in [2.24, 2.45) is 0 Å². The molecular weight excluding hydrogens is 384 g/mol. The molecule has 160 valence electrons. The first kappa shape index (κ1) is 21.6. The van der Waals surface area contributed by atoms with Crippen LogP contribution in [0.3, 0.4) is 0 Å². The lowest BCUT2D eigenvalue weighted by Gasteiger charge is -2.36. The highest BCUT2D eigenvalue weighted by Gasteiger charge is 2.25. The first-order valence-electron chi connectivity index (χ1n) is 10.2. The molecule has 0 atom stereocenters. The van der Waals surface area contributed by atoms with Crippen LogP contribution in [0, 0.1) is 10.1 Å². The van der Waals surface area contributed by atoms with Crippen LogP contribution in [0.2, 0.25) is 0 Å². The van der Waals surface area contributed by atoms with Crippen LogP contribution in [-0.4, -0.2) is 73.6 Å². The number of hydrogen-bond acceptors (Lipinski definition) is 6. The second-order valence-corrected chi connectivity index (χ2v) is 7.37. The average molecular weight is 412 g/mol. The van der Waals surface area contributed by atoms with Crippen molar-refractivity contribution < 1.29 is 14.5 Å². The molecule has 0 aromatic heterocycles. The summed E-state index contributed by atoms with van der Waals surface area (Å²) < 4.78 is 5.68. The predicted octanol–water partition coefficient (Wildman–Crippen LogP) is 2.64. The normalized spacial score (nSPS) is 14.1. The molecule has 0 N–H and O–H groups in total. The third-order valence-corrected chi connectivity index (χ3v) is 5.15. The Morgan fingerprint density at radius 3 is 2.43 bits per heavy atom.